The van der Waals surface area contributed by atoms with Crippen LogP contribution < -0.4 is 4.90 Å². The Morgan fingerprint density at radius 1 is 1.53 bits per heavy atom. The Balaban J connectivity index is 2.35. The van der Waals surface area contributed by atoms with Crippen LogP contribution in [0.4, 0.5) is 5.69 Å². The summed E-state index contributed by atoms with van der Waals surface area (Å²) < 4.78 is 0. The van der Waals surface area contributed by atoms with E-state index >= 15 is 0 Å². The van der Waals surface area contributed by atoms with Crippen molar-refractivity contribution in [2.24, 2.45) is 0 Å². The van der Waals surface area contributed by atoms with Crippen molar-refractivity contribution in [1.82, 2.24) is 0 Å². The van der Waals surface area contributed by atoms with Gasteiger partial charge in [-0.15, -0.1) is 11.8 Å². The first-order valence-corrected chi connectivity index (χ1v) is 6.71. The van der Waals surface area contributed by atoms with Crippen LogP contribution in [0, 0.1) is 0 Å². The van der Waals surface area contributed by atoms with E-state index in [1.165, 1.54) is 10.5 Å². The molecule has 1 aliphatic rings. The van der Waals surface area contributed by atoms with E-state index in [-0.39, 0.29) is 0 Å². The molecule has 1 heterocycles. The molecule has 0 radical (unpaired) electrons. The minimum Gasteiger partial charge on any atom is -0.480 e. The number of aliphatic carboxylic acids is 1. The van der Waals surface area contributed by atoms with Gasteiger partial charge in [-0.2, -0.15) is 0 Å². The number of thioether (sulfide) groups is 1. The molecule has 1 aliphatic heterocycles. The molecule has 1 N–H and O–H groups in total. The molecule has 2 rings (SSSR count). The summed E-state index contributed by atoms with van der Waals surface area (Å²) in [6.45, 7) is 4.33. The summed E-state index contributed by atoms with van der Waals surface area (Å²) >= 11 is 1.64. The van der Waals surface area contributed by atoms with Crippen LogP contribution in [0.15, 0.2) is 23.1 Å². The van der Waals surface area contributed by atoms with Crippen molar-refractivity contribution in [3.63, 3.8) is 0 Å². The maximum atomic E-state index is 11.1. The molecule has 1 unspecified atom stereocenters. The lowest BCUT2D eigenvalue weighted by Crippen LogP contribution is -2.42. The van der Waals surface area contributed by atoms with Gasteiger partial charge in [0, 0.05) is 17.7 Å². The van der Waals surface area contributed by atoms with Crippen molar-refractivity contribution in [3.8, 4) is 0 Å². The third-order valence-corrected chi connectivity index (χ3v) is 4.30. The lowest BCUT2D eigenvalue weighted by atomic mass is 10.0. The smallest absolute Gasteiger partial charge is 0.327 e. The van der Waals surface area contributed by atoms with Gasteiger partial charge in [-0.05, 0) is 23.6 Å². The number of anilines is 1. The van der Waals surface area contributed by atoms with Crippen molar-refractivity contribution in [1.29, 1.82) is 0 Å². The Kier molecular flexibility index (Phi) is 3.33. The number of nitrogens with zero attached hydrogens (tertiary/aromatic N) is 1. The van der Waals surface area contributed by atoms with Crippen LogP contribution in [0.25, 0.3) is 0 Å². The van der Waals surface area contributed by atoms with Crippen molar-refractivity contribution in [2.45, 2.75) is 30.7 Å². The van der Waals surface area contributed by atoms with Gasteiger partial charge < -0.3 is 10.0 Å². The van der Waals surface area contributed by atoms with Gasteiger partial charge >= 0.3 is 5.97 Å². The Bertz CT molecular complexity index is 445. The van der Waals surface area contributed by atoms with Crippen LogP contribution in [0.2, 0.25) is 0 Å². The number of fused-ring (bicyclic) bond motifs is 1. The van der Waals surface area contributed by atoms with E-state index in [4.69, 9.17) is 5.11 Å². The zero-order valence-corrected chi connectivity index (χ0v) is 11.1. The predicted molar refractivity (Wildman–Crippen MR) is 71.1 cm³/mol. The minimum absolute atomic E-state index is 0.419. The maximum Gasteiger partial charge on any atom is 0.327 e. The van der Waals surface area contributed by atoms with E-state index in [1.807, 2.05) is 18.0 Å². The summed E-state index contributed by atoms with van der Waals surface area (Å²) in [5.74, 6) is 0.363. The third kappa shape index (κ3) is 2.27. The first kappa shape index (κ1) is 12.3. The molecule has 1 aromatic rings. The summed E-state index contributed by atoms with van der Waals surface area (Å²) in [6.07, 6.45) is 0. The van der Waals surface area contributed by atoms with Gasteiger partial charge in [0.1, 0.15) is 6.04 Å². The number of hydrogen-bond donors (Lipinski definition) is 1. The fourth-order valence-corrected chi connectivity index (χ4v) is 3.27. The fraction of sp³-hybridized carbons (Fsp3) is 0.462. The van der Waals surface area contributed by atoms with Gasteiger partial charge in [0.15, 0.2) is 0 Å². The Morgan fingerprint density at radius 2 is 2.24 bits per heavy atom. The van der Waals surface area contributed by atoms with Gasteiger partial charge in [-0.25, -0.2) is 4.79 Å². The van der Waals surface area contributed by atoms with Gasteiger partial charge in [0.05, 0.1) is 5.69 Å². The first-order chi connectivity index (χ1) is 8.00. The number of rotatable bonds is 2. The lowest BCUT2D eigenvalue weighted by Gasteiger charge is -2.33. The quantitative estimate of drug-likeness (QED) is 0.877. The number of carbonyl (C=O) groups is 1. The third-order valence-electron chi connectivity index (χ3n) is 3.18. The summed E-state index contributed by atoms with van der Waals surface area (Å²) in [6, 6.07) is 5.88. The number of benzene rings is 1. The Labute approximate surface area is 106 Å². The van der Waals surface area contributed by atoms with Crippen LogP contribution in [-0.4, -0.2) is 29.9 Å². The SMILES string of the molecule is CC(C)c1ccc2c(c1)SCC(C(=O)O)N2C. The average Bonchev–Trinajstić information content (AvgIpc) is 2.28. The van der Waals surface area contributed by atoms with E-state index in [9.17, 15) is 4.79 Å². The zero-order chi connectivity index (χ0) is 12.6. The molecule has 0 spiro atoms. The second-order valence-electron chi connectivity index (χ2n) is 4.66. The van der Waals surface area contributed by atoms with E-state index in [0.717, 1.165) is 5.69 Å². The zero-order valence-electron chi connectivity index (χ0n) is 10.3. The molecule has 0 fully saturated rings. The van der Waals surface area contributed by atoms with Crippen molar-refractivity contribution in [3.05, 3.63) is 23.8 Å². The maximum absolute atomic E-state index is 11.1. The van der Waals surface area contributed by atoms with Crippen molar-refractivity contribution >= 4 is 23.4 Å². The monoisotopic (exact) mass is 251 g/mol. The van der Waals surface area contributed by atoms with E-state index < -0.39 is 12.0 Å². The average molecular weight is 251 g/mol. The highest BCUT2D eigenvalue weighted by molar-refractivity contribution is 7.99. The minimum atomic E-state index is -0.751. The summed E-state index contributed by atoms with van der Waals surface area (Å²) in [5.41, 5.74) is 2.33. The summed E-state index contributed by atoms with van der Waals surface area (Å²) in [7, 11) is 1.85. The normalized spacial score (nSPS) is 19.3. The van der Waals surface area contributed by atoms with Gasteiger partial charge in [-0.1, -0.05) is 19.9 Å². The van der Waals surface area contributed by atoms with Crippen LogP contribution in [-0.2, 0) is 4.79 Å². The van der Waals surface area contributed by atoms with Gasteiger partial charge in [-0.3, -0.25) is 0 Å². The second kappa shape index (κ2) is 4.61. The Hall–Kier alpha value is -1.16. The molecule has 0 aliphatic carbocycles. The number of likely N-dealkylation sites (N-methyl/N-ethyl adjacent to an activating group) is 1. The number of carboxylic acids is 1. The van der Waals surface area contributed by atoms with Gasteiger partial charge in [0.25, 0.3) is 0 Å². The highest BCUT2D eigenvalue weighted by Crippen LogP contribution is 2.38. The second-order valence-corrected chi connectivity index (χ2v) is 5.72. The summed E-state index contributed by atoms with van der Waals surface area (Å²) in [5, 5.41) is 9.12. The lowest BCUT2D eigenvalue weighted by molar-refractivity contribution is -0.138. The highest BCUT2D eigenvalue weighted by Gasteiger charge is 2.29. The van der Waals surface area contributed by atoms with E-state index in [0.29, 0.717) is 11.7 Å². The first-order valence-electron chi connectivity index (χ1n) is 5.73. The Morgan fingerprint density at radius 3 is 2.82 bits per heavy atom. The molecule has 0 bridgehead atoms. The standard InChI is InChI=1S/C13H17NO2S/c1-8(2)9-4-5-10-12(6-9)17-7-11(13(15)16)14(10)3/h4-6,8,11H,7H2,1-3H3,(H,15,16). The molecule has 0 saturated heterocycles. The molecule has 92 valence electrons. The van der Waals surface area contributed by atoms with Gasteiger partial charge in [0.2, 0.25) is 0 Å². The predicted octanol–water partition coefficient (Wildman–Crippen LogP) is 2.81. The molecule has 1 aromatic carbocycles. The molecule has 4 heteroatoms. The van der Waals surface area contributed by atoms with Crippen LogP contribution in [0.5, 0.6) is 0 Å². The largest absolute Gasteiger partial charge is 0.480 e. The number of carboxylic acid groups (broad SMARTS) is 1. The molecular formula is C13H17NO2S. The topological polar surface area (TPSA) is 40.5 Å². The molecular weight excluding hydrogens is 234 g/mol. The summed E-state index contributed by atoms with van der Waals surface area (Å²) in [4.78, 5) is 14.1. The van der Waals surface area contributed by atoms with E-state index in [1.54, 1.807) is 11.8 Å². The van der Waals surface area contributed by atoms with Crippen molar-refractivity contribution in [2.75, 3.05) is 17.7 Å². The fourth-order valence-electron chi connectivity index (χ4n) is 1.98. The molecule has 17 heavy (non-hydrogen) atoms. The van der Waals surface area contributed by atoms with E-state index in [2.05, 4.69) is 26.0 Å². The molecule has 3 nitrogen and oxygen atoms in total. The molecule has 0 saturated carbocycles. The molecule has 0 amide bonds. The molecule has 0 aromatic heterocycles. The van der Waals surface area contributed by atoms with Crippen molar-refractivity contribution < 1.29 is 9.90 Å². The van der Waals surface area contributed by atoms with Crippen LogP contribution in [0.1, 0.15) is 25.3 Å². The number of hydrogen-bond acceptors (Lipinski definition) is 3. The highest BCUT2D eigenvalue weighted by atomic mass is 32.2. The molecule has 1 atom stereocenters. The van der Waals surface area contributed by atoms with Crippen LogP contribution in [0.3, 0.4) is 0 Å². The van der Waals surface area contributed by atoms with Crippen LogP contribution >= 0.6 is 11.8 Å².